The molecular weight excluding hydrogens is 262 g/mol. The first-order valence-electron chi connectivity index (χ1n) is 7.45. The number of nitrogens with one attached hydrogen (secondary N) is 1. The first-order valence-corrected chi connectivity index (χ1v) is 8.33. The lowest BCUT2D eigenvalue weighted by Gasteiger charge is -2.20. The van der Waals surface area contributed by atoms with Gasteiger partial charge in [-0.15, -0.1) is 11.3 Å². The SMILES string of the molecule is CCCNC(Cc1cc(C)ccc1C)c1sccc1C. The van der Waals surface area contributed by atoms with E-state index in [0.29, 0.717) is 6.04 Å². The van der Waals surface area contributed by atoms with Crippen LogP contribution in [-0.4, -0.2) is 6.54 Å². The summed E-state index contributed by atoms with van der Waals surface area (Å²) in [5.41, 5.74) is 5.62. The standard InChI is InChI=1S/C18H25NS/c1-5-9-19-17(18-15(4)8-10-20-18)12-16-11-13(2)6-7-14(16)3/h6-8,10-11,17,19H,5,9,12H2,1-4H3. The molecule has 2 rings (SSSR count). The Morgan fingerprint density at radius 1 is 1.10 bits per heavy atom. The summed E-state index contributed by atoms with van der Waals surface area (Å²) >= 11 is 1.87. The zero-order valence-electron chi connectivity index (χ0n) is 13.0. The van der Waals surface area contributed by atoms with E-state index in [1.54, 1.807) is 0 Å². The molecule has 0 amide bonds. The summed E-state index contributed by atoms with van der Waals surface area (Å²) < 4.78 is 0. The Morgan fingerprint density at radius 3 is 2.55 bits per heavy atom. The van der Waals surface area contributed by atoms with Crippen LogP contribution >= 0.6 is 11.3 Å². The number of benzene rings is 1. The molecule has 1 heterocycles. The molecule has 20 heavy (non-hydrogen) atoms. The van der Waals surface area contributed by atoms with Gasteiger partial charge in [-0.05, 0) is 68.3 Å². The average molecular weight is 287 g/mol. The minimum absolute atomic E-state index is 0.440. The molecule has 2 heteroatoms. The van der Waals surface area contributed by atoms with Crippen LogP contribution in [0, 0.1) is 20.8 Å². The third-order valence-corrected chi connectivity index (χ3v) is 4.92. The quantitative estimate of drug-likeness (QED) is 0.792. The number of aryl methyl sites for hydroxylation is 3. The van der Waals surface area contributed by atoms with Crippen molar-refractivity contribution in [3.63, 3.8) is 0 Å². The van der Waals surface area contributed by atoms with Gasteiger partial charge in [-0.2, -0.15) is 0 Å². The maximum atomic E-state index is 3.72. The van der Waals surface area contributed by atoms with Gasteiger partial charge in [0, 0.05) is 10.9 Å². The minimum atomic E-state index is 0.440. The first kappa shape index (κ1) is 15.3. The predicted octanol–water partition coefficient (Wildman–Crippen LogP) is 4.96. The molecule has 1 atom stereocenters. The molecule has 0 bridgehead atoms. The molecule has 0 spiro atoms. The van der Waals surface area contributed by atoms with Crippen molar-refractivity contribution in [1.82, 2.24) is 5.32 Å². The van der Waals surface area contributed by atoms with E-state index in [1.807, 2.05) is 11.3 Å². The Labute approximate surface area is 127 Å². The molecule has 1 aromatic carbocycles. The van der Waals surface area contributed by atoms with Gasteiger partial charge in [0.1, 0.15) is 0 Å². The van der Waals surface area contributed by atoms with Crippen LogP contribution in [0.2, 0.25) is 0 Å². The molecule has 1 aromatic heterocycles. The molecule has 0 saturated carbocycles. The van der Waals surface area contributed by atoms with Crippen LogP contribution in [-0.2, 0) is 6.42 Å². The number of thiophene rings is 1. The van der Waals surface area contributed by atoms with Crippen LogP contribution in [0.15, 0.2) is 29.6 Å². The average Bonchev–Trinajstić information content (AvgIpc) is 2.84. The van der Waals surface area contributed by atoms with E-state index >= 15 is 0 Å². The maximum Gasteiger partial charge on any atom is 0.0458 e. The monoisotopic (exact) mass is 287 g/mol. The fourth-order valence-electron chi connectivity index (χ4n) is 2.56. The summed E-state index contributed by atoms with van der Waals surface area (Å²) in [4.78, 5) is 1.49. The fraction of sp³-hybridized carbons (Fsp3) is 0.444. The number of rotatable bonds is 6. The molecule has 0 saturated heterocycles. The van der Waals surface area contributed by atoms with E-state index in [0.717, 1.165) is 13.0 Å². The summed E-state index contributed by atoms with van der Waals surface area (Å²) in [5.74, 6) is 0. The Hall–Kier alpha value is -1.12. The Bertz CT molecular complexity index is 556. The van der Waals surface area contributed by atoms with E-state index in [1.165, 1.54) is 33.6 Å². The van der Waals surface area contributed by atoms with Crippen LogP contribution in [0.25, 0.3) is 0 Å². The highest BCUT2D eigenvalue weighted by Crippen LogP contribution is 2.28. The number of hydrogen-bond acceptors (Lipinski definition) is 2. The molecule has 0 aliphatic heterocycles. The van der Waals surface area contributed by atoms with Crippen molar-refractivity contribution in [3.05, 3.63) is 56.8 Å². The lowest BCUT2D eigenvalue weighted by atomic mass is 9.97. The molecular formula is C18H25NS. The second-order valence-electron chi connectivity index (χ2n) is 5.61. The third kappa shape index (κ3) is 3.71. The van der Waals surface area contributed by atoms with Gasteiger partial charge in [0.25, 0.3) is 0 Å². The highest BCUT2D eigenvalue weighted by molar-refractivity contribution is 7.10. The molecule has 108 valence electrons. The summed E-state index contributed by atoms with van der Waals surface area (Å²) in [6.07, 6.45) is 2.25. The lowest BCUT2D eigenvalue weighted by Crippen LogP contribution is -2.24. The molecule has 1 unspecified atom stereocenters. The van der Waals surface area contributed by atoms with Crippen LogP contribution < -0.4 is 5.32 Å². The van der Waals surface area contributed by atoms with E-state index in [9.17, 15) is 0 Å². The van der Waals surface area contributed by atoms with E-state index in [4.69, 9.17) is 0 Å². The van der Waals surface area contributed by atoms with Crippen molar-refractivity contribution >= 4 is 11.3 Å². The van der Waals surface area contributed by atoms with E-state index in [2.05, 4.69) is 62.7 Å². The van der Waals surface area contributed by atoms with E-state index < -0.39 is 0 Å². The first-order chi connectivity index (χ1) is 9.61. The summed E-state index contributed by atoms with van der Waals surface area (Å²) in [7, 11) is 0. The van der Waals surface area contributed by atoms with Crippen molar-refractivity contribution in [1.29, 1.82) is 0 Å². The van der Waals surface area contributed by atoms with Crippen LogP contribution in [0.4, 0.5) is 0 Å². The number of hydrogen-bond donors (Lipinski definition) is 1. The lowest BCUT2D eigenvalue weighted by molar-refractivity contribution is 0.534. The van der Waals surface area contributed by atoms with Crippen molar-refractivity contribution in [2.24, 2.45) is 0 Å². The molecule has 0 aliphatic rings. The summed E-state index contributed by atoms with van der Waals surface area (Å²) in [6, 6.07) is 9.44. The third-order valence-electron chi connectivity index (χ3n) is 3.79. The van der Waals surface area contributed by atoms with Crippen LogP contribution in [0.5, 0.6) is 0 Å². The summed E-state index contributed by atoms with van der Waals surface area (Å²) in [6.45, 7) is 9.91. The molecule has 1 nitrogen and oxygen atoms in total. The van der Waals surface area contributed by atoms with Crippen LogP contribution in [0.1, 0.15) is 46.5 Å². The van der Waals surface area contributed by atoms with Crippen molar-refractivity contribution in [3.8, 4) is 0 Å². The molecule has 0 fully saturated rings. The van der Waals surface area contributed by atoms with Gasteiger partial charge in [0.05, 0.1) is 0 Å². The van der Waals surface area contributed by atoms with Gasteiger partial charge >= 0.3 is 0 Å². The zero-order valence-corrected chi connectivity index (χ0v) is 13.8. The largest absolute Gasteiger partial charge is 0.309 e. The van der Waals surface area contributed by atoms with Crippen molar-refractivity contribution < 1.29 is 0 Å². The maximum absolute atomic E-state index is 3.72. The second-order valence-corrected chi connectivity index (χ2v) is 6.56. The molecule has 0 radical (unpaired) electrons. The Balaban J connectivity index is 2.23. The van der Waals surface area contributed by atoms with Gasteiger partial charge < -0.3 is 5.32 Å². The van der Waals surface area contributed by atoms with Crippen molar-refractivity contribution in [2.75, 3.05) is 6.54 Å². The normalized spacial score (nSPS) is 12.6. The van der Waals surface area contributed by atoms with Crippen LogP contribution in [0.3, 0.4) is 0 Å². The van der Waals surface area contributed by atoms with Gasteiger partial charge in [-0.3, -0.25) is 0 Å². The fourth-order valence-corrected chi connectivity index (χ4v) is 3.56. The molecule has 2 aromatic rings. The summed E-state index contributed by atoms with van der Waals surface area (Å²) in [5, 5.41) is 5.92. The zero-order chi connectivity index (χ0) is 14.5. The van der Waals surface area contributed by atoms with E-state index in [-0.39, 0.29) is 0 Å². The van der Waals surface area contributed by atoms with Gasteiger partial charge in [-0.25, -0.2) is 0 Å². The minimum Gasteiger partial charge on any atom is -0.309 e. The van der Waals surface area contributed by atoms with Gasteiger partial charge in [-0.1, -0.05) is 30.7 Å². The van der Waals surface area contributed by atoms with Gasteiger partial charge in [0.2, 0.25) is 0 Å². The van der Waals surface area contributed by atoms with Crippen molar-refractivity contribution in [2.45, 2.75) is 46.6 Å². The topological polar surface area (TPSA) is 12.0 Å². The molecule has 0 aliphatic carbocycles. The Morgan fingerprint density at radius 2 is 1.90 bits per heavy atom. The molecule has 1 N–H and O–H groups in total. The second kappa shape index (κ2) is 7.05. The Kier molecular flexibility index (Phi) is 5.38. The van der Waals surface area contributed by atoms with Gasteiger partial charge in [0.15, 0.2) is 0 Å². The highest BCUT2D eigenvalue weighted by Gasteiger charge is 2.16. The highest BCUT2D eigenvalue weighted by atomic mass is 32.1. The predicted molar refractivity (Wildman–Crippen MR) is 89.7 cm³/mol. The smallest absolute Gasteiger partial charge is 0.0458 e.